The minimum atomic E-state index is -4.40. The van der Waals surface area contributed by atoms with Crippen LogP contribution in [0.5, 0.6) is 0 Å². The van der Waals surface area contributed by atoms with Gasteiger partial charge in [-0.25, -0.2) is 9.78 Å². The van der Waals surface area contributed by atoms with E-state index in [9.17, 15) is 27.9 Å². The maximum Gasteiger partial charge on any atom is 0.408 e. The smallest absolute Gasteiger partial charge is 0.408 e. The third-order valence-electron chi connectivity index (χ3n) is 5.44. The molecule has 2 amide bonds. The van der Waals surface area contributed by atoms with Gasteiger partial charge in [0, 0.05) is 48.4 Å². The Morgan fingerprint density at radius 3 is 2.67 bits per heavy atom. The van der Waals surface area contributed by atoms with Gasteiger partial charge in [0.25, 0.3) is 5.91 Å². The number of amides is 2. The monoisotopic (exact) mass is 481 g/mol. The summed E-state index contributed by atoms with van der Waals surface area (Å²) in [5.41, 5.74) is 1.45. The minimum absolute atomic E-state index is 0.214. The van der Waals surface area contributed by atoms with Crippen molar-refractivity contribution >= 4 is 34.5 Å². The van der Waals surface area contributed by atoms with Gasteiger partial charge in [0.1, 0.15) is 6.54 Å². The zero-order valence-electron chi connectivity index (χ0n) is 17.4. The minimum Gasteiger partial charge on any atom is -0.465 e. The largest absolute Gasteiger partial charge is 0.465 e. The van der Waals surface area contributed by atoms with Gasteiger partial charge in [0.05, 0.1) is 22.4 Å². The van der Waals surface area contributed by atoms with Crippen LogP contribution in [0.25, 0.3) is 22.2 Å². The first-order valence-electron chi connectivity index (χ1n) is 10.0. The predicted molar refractivity (Wildman–Crippen MR) is 114 cm³/mol. The lowest BCUT2D eigenvalue weighted by molar-refractivity contribution is -0.142. The molecule has 0 spiro atoms. The van der Waals surface area contributed by atoms with Gasteiger partial charge in [-0.1, -0.05) is 17.7 Å². The predicted octanol–water partition coefficient (Wildman–Crippen LogP) is 4.14. The molecule has 0 bridgehead atoms. The van der Waals surface area contributed by atoms with Crippen LogP contribution in [-0.4, -0.2) is 73.5 Å². The Labute approximate surface area is 191 Å². The van der Waals surface area contributed by atoms with Crippen molar-refractivity contribution in [2.75, 3.05) is 19.6 Å². The molecule has 1 N–H and O–H groups in total. The third kappa shape index (κ3) is 4.87. The topological polar surface area (TPSA) is 91.6 Å². The molecule has 33 heavy (non-hydrogen) atoms. The van der Waals surface area contributed by atoms with E-state index < -0.39 is 18.8 Å². The Balaban J connectivity index is 1.61. The average molecular weight is 482 g/mol. The van der Waals surface area contributed by atoms with Crippen LogP contribution in [0.15, 0.2) is 36.7 Å². The number of hydrogen-bond acceptors (Lipinski definition) is 4. The summed E-state index contributed by atoms with van der Waals surface area (Å²) in [7, 11) is 0. The van der Waals surface area contributed by atoms with E-state index in [2.05, 4.69) is 10.1 Å². The van der Waals surface area contributed by atoms with E-state index in [0.717, 1.165) is 4.68 Å². The summed E-state index contributed by atoms with van der Waals surface area (Å²) in [5.74, 6) is -0.268. The van der Waals surface area contributed by atoms with Crippen molar-refractivity contribution in [3.63, 3.8) is 0 Å². The number of piperazine rings is 1. The summed E-state index contributed by atoms with van der Waals surface area (Å²) in [6.45, 7) is 1.25. The summed E-state index contributed by atoms with van der Waals surface area (Å²) < 4.78 is 38.6. The number of alkyl halides is 3. The quantitative estimate of drug-likeness (QED) is 0.607. The van der Waals surface area contributed by atoms with Crippen molar-refractivity contribution in [2.45, 2.75) is 25.7 Å². The second-order valence-electron chi connectivity index (χ2n) is 7.84. The SMILES string of the molecule is C[C@@H]1CN(C(=O)c2ccc3c(Cl)cc(-c4cnn(CC(F)(F)F)c4)nc3c2)CCN1C(=O)O. The number of aromatic nitrogens is 3. The molecule has 3 aromatic rings. The Bertz CT molecular complexity index is 1230. The zero-order chi connectivity index (χ0) is 23.9. The van der Waals surface area contributed by atoms with Gasteiger partial charge in [-0.2, -0.15) is 18.3 Å². The summed E-state index contributed by atoms with van der Waals surface area (Å²) >= 11 is 6.37. The summed E-state index contributed by atoms with van der Waals surface area (Å²) in [6.07, 6.45) is -2.92. The Kier molecular flexibility index (Phi) is 5.91. The molecular formula is C21H19ClF3N5O3. The van der Waals surface area contributed by atoms with E-state index >= 15 is 0 Å². The number of benzene rings is 1. The highest BCUT2D eigenvalue weighted by atomic mass is 35.5. The van der Waals surface area contributed by atoms with Crippen LogP contribution < -0.4 is 0 Å². The lowest BCUT2D eigenvalue weighted by Gasteiger charge is -2.38. The van der Waals surface area contributed by atoms with Crippen molar-refractivity contribution < 1.29 is 27.9 Å². The van der Waals surface area contributed by atoms with Gasteiger partial charge in [0.2, 0.25) is 0 Å². The second-order valence-corrected chi connectivity index (χ2v) is 8.25. The lowest BCUT2D eigenvalue weighted by Crippen LogP contribution is -2.55. The van der Waals surface area contributed by atoms with Crippen molar-refractivity contribution in [3.8, 4) is 11.3 Å². The summed E-state index contributed by atoms with van der Waals surface area (Å²) in [6, 6.07) is 6.04. The first-order chi connectivity index (χ1) is 15.5. The molecule has 1 fully saturated rings. The molecule has 0 unspecified atom stereocenters. The molecule has 3 heterocycles. The molecule has 1 atom stereocenters. The Hall–Kier alpha value is -3.34. The summed E-state index contributed by atoms with van der Waals surface area (Å²) in [5, 5.41) is 13.9. The molecule has 0 saturated carbocycles. The van der Waals surface area contributed by atoms with E-state index in [-0.39, 0.29) is 31.6 Å². The maximum absolute atomic E-state index is 13.0. The standard InChI is InChI=1S/C21H19ClF3N5O3/c1-12-9-28(4-5-30(12)20(32)33)19(31)13-2-3-15-16(22)7-17(27-18(15)6-13)14-8-26-29(10-14)11-21(23,24)25/h2-3,6-8,10,12H,4-5,9,11H2,1H3,(H,32,33)/t12-/m1/s1. The lowest BCUT2D eigenvalue weighted by atomic mass is 10.1. The highest BCUT2D eigenvalue weighted by molar-refractivity contribution is 6.35. The molecule has 0 radical (unpaired) electrons. The first kappa shape index (κ1) is 22.8. The highest BCUT2D eigenvalue weighted by Crippen LogP contribution is 2.29. The number of carbonyl (C=O) groups excluding carboxylic acids is 1. The van der Waals surface area contributed by atoms with Crippen LogP contribution in [-0.2, 0) is 6.54 Å². The molecule has 1 aromatic carbocycles. The van der Waals surface area contributed by atoms with E-state index in [1.54, 1.807) is 30.0 Å². The molecule has 8 nitrogen and oxygen atoms in total. The molecule has 1 aliphatic rings. The number of carboxylic acid groups (broad SMARTS) is 1. The fourth-order valence-corrected chi connectivity index (χ4v) is 4.10. The summed E-state index contributed by atoms with van der Waals surface area (Å²) in [4.78, 5) is 31.6. The van der Waals surface area contributed by atoms with Crippen molar-refractivity contribution in [1.82, 2.24) is 24.6 Å². The van der Waals surface area contributed by atoms with E-state index in [1.807, 2.05) is 0 Å². The van der Waals surface area contributed by atoms with Crippen LogP contribution in [0.2, 0.25) is 5.02 Å². The van der Waals surface area contributed by atoms with Gasteiger partial charge in [-0.15, -0.1) is 0 Å². The first-order valence-corrected chi connectivity index (χ1v) is 10.4. The zero-order valence-corrected chi connectivity index (χ0v) is 18.1. The fraction of sp³-hybridized carbons (Fsp3) is 0.333. The Morgan fingerprint density at radius 2 is 2.00 bits per heavy atom. The van der Waals surface area contributed by atoms with Gasteiger partial charge in [-0.3, -0.25) is 9.48 Å². The third-order valence-corrected chi connectivity index (χ3v) is 5.75. The van der Waals surface area contributed by atoms with E-state index in [0.29, 0.717) is 32.7 Å². The van der Waals surface area contributed by atoms with Crippen LogP contribution in [0.1, 0.15) is 17.3 Å². The van der Waals surface area contributed by atoms with Crippen LogP contribution in [0.4, 0.5) is 18.0 Å². The van der Waals surface area contributed by atoms with Gasteiger partial charge < -0.3 is 14.9 Å². The van der Waals surface area contributed by atoms with Crippen LogP contribution in [0.3, 0.4) is 0 Å². The molecule has 2 aromatic heterocycles. The molecule has 12 heteroatoms. The van der Waals surface area contributed by atoms with Gasteiger partial charge >= 0.3 is 12.3 Å². The average Bonchev–Trinajstić information content (AvgIpc) is 3.19. The highest BCUT2D eigenvalue weighted by Gasteiger charge is 2.30. The molecule has 1 saturated heterocycles. The van der Waals surface area contributed by atoms with E-state index in [1.165, 1.54) is 23.4 Å². The number of hydrogen-bond donors (Lipinski definition) is 1. The Morgan fingerprint density at radius 1 is 1.24 bits per heavy atom. The molecule has 4 rings (SSSR count). The fourth-order valence-electron chi connectivity index (χ4n) is 3.84. The molecule has 1 aliphatic heterocycles. The number of nitrogens with zero attached hydrogens (tertiary/aromatic N) is 5. The number of pyridine rings is 1. The number of carbonyl (C=O) groups is 2. The normalized spacial score (nSPS) is 16.9. The van der Waals surface area contributed by atoms with Crippen molar-refractivity contribution in [3.05, 3.63) is 47.2 Å². The van der Waals surface area contributed by atoms with E-state index in [4.69, 9.17) is 11.6 Å². The van der Waals surface area contributed by atoms with Crippen LogP contribution in [0, 0.1) is 0 Å². The molecule has 174 valence electrons. The molecule has 0 aliphatic carbocycles. The van der Waals surface area contributed by atoms with Gasteiger partial charge in [0.15, 0.2) is 0 Å². The number of fused-ring (bicyclic) bond motifs is 1. The number of halogens is 4. The van der Waals surface area contributed by atoms with Crippen LogP contribution >= 0.6 is 11.6 Å². The van der Waals surface area contributed by atoms with Crippen molar-refractivity contribution in [1.29, 1.82) is 0 Å². The number of rotatable bonds is 3. The van der Waals surface area contributed by atoms with Gasteiger partial charge in [-0.05, 0) is 25.1 Å². The van der Waals surface area contributed by atoms with Crippen molar-refractivity contribution in [2.24, 2.45) is 0 Å². The second kappa shape index (κ2) is 8.54. The molecular weight excluding hydrogens is 463 g/mol. The maximum atomic E-state index is 13.0.